The SMILES string of the molecule is C/C(=C\c1csc(C)n1)C1CC(=O)C(C)CCCC(C)C(C)C(C)C(=O)C(C)(C)C(O)CC(=O)O1. The molecule has 0 aliphatic carbocycles. The molecule has 0 radical (unpaired) electrons. The Morgan fingerprint density at radius 1 is 1.14 bits per heavy atom. The van der Waals surface area contributed by atoms with Gasteiger partial charge in [0.25, 0.3) is 0 Å². The second kappa shape index (κ2) is 12.4. The van der Waals surface area contributed by atoms with Crippen LogP contribution in [0.2, 0.25) is 0 Å². The van der Waals surface area contributed by atoms with Gasteiger partial charge in [0.1, 0.15) is 17.7 Å². The van der Waals surface area contributed by atoms with Crippen LogP contribution in [-0.2, 0) is 19.1 Å². The maximum absolute atomic E-state index is 13.3. The number of Topliss-reactive ketones (excluding diaryl/α,β-unsaturated/α-hetero) is 2. The fourth-order valence-corrected chi connectivity index (χ4v) is 5.29. The minimum atomic E-state index is -1.18. The van der Waals surface area contributed by atoms with E-state index in [0.29, 0.717) is 5.92 Å². The van der Waals surface area contributed by atoms with E-state index in [1.807, 2.05) is 39.2 Å². The number of ketones is 2. The van der Waals surface area contributed by atoms with E-state index in [9.17, 15) is 19.5 Å². The van der Waals surface area contributed by atoms with Gasteiger partial charge in [-0.3, -0.25) is 14.4 Å². The minimum absolute atomic E-state index is 0.0423. The first-order chi connectivity index (χ1) is 16.2. The zero-order valence-corrected chi connectivity index (χ0v) is 23.4. The molecule has 0 saturated carbocycles. The molecule has 0 bridgehead atoms. The number of aliphatic hydroxyl groups is 1. The molecule has 1 aliphatic heterocycles. The molecule has 1 fully saturated rings. The molecule has 6 nitrogen and oxygen atoms in total. The van der Waals surface area contributed by atoms with Crippen molar-refractivity contribution in [2.75, 3.05) is 0 Å². The van der Waals surface area contributed by atoms with Crippen molar-refractivity contribution in [3.8, 4) is 0 Å². The summed E-state index contributed by atoms with van der Waals surface area (Å²) in [7, 11) is 0. The fraction of sp³-hybridized carbons (Fsp3) is 0.714. The number of esters is 1. The molecule has 196 valence electrons. The normalized spacial score (nSPS) is 32.4. The van der Waals surface area contributed by atoms with Gasteiger partial charge in [0.2, 0.25) is 0 Å². The first-order valence-electron chi connectivity index (χ1n) is 12.8. The summed E-state index contributed by atoms with van der Waals surface area (Å²) in [6, 6.07) is 0. The summed E-state index contributed by atoms with van der Waals surface area (Å²) in [5, 5.41) is 13.7. The Labute approximate surface area is 214 Å². The molecule has 2 heterocycles. The highest BCUT2D eigenvalue weighted by atomic mass is 32.1. The van der Waals surface area contributed by atoms with E-state index in [1.165, 1.54) is 11.3 Å². The number of aliphatic hydroxyl groups excluding tert-OH is 1. The van der Waals surface area contributed by atoms with E-state index in [1.54, 1.807) is 13.8 Å². The van der Waals surface area contributed by atoms with E-state index < -0.39 is 23.6 Å². The maximum Gasteiger partial charge on any atom is 0.309 e. The van der Waals surface area contributed by atoms with Crippen LogP contribution in [0, 0.1) is 36.0 Å². The monoisotopic (exact) mass is 505 g/mol. The molecule has 6 atom stereocenters. The molecule has 0 amide bonds. The lowest BCUT2D eigenvalue weighted by atomic mass is 9.70. The highest BCUT2D eigenvalue weighted by Gasteiger charge is 2.41. The summed E-state index contributed by atoms with van der Waals surface area (Å²) < 4.78 is 5.75. The maximum atomic E-state index is 13.3. The number of rotatable bonds is 2. The predicted octanol–water partition coefficient (Wildman–Crippen LogP) is 5.80. The molecule has 1 aliphatic rings. The quantitative estimate of drug-likeness (QED) is 0.511. The van der Waals surface area contributed by atoms with Gasteiger partial charge < -0.3 is 9.84 Å². The van der Waals surface area contributed by atoms with Gasteiger partial charge in [0.15, 0.2) is 0 Å². The van der Waals surface area contributed by atoms with Crippen LogP contribution in [0.3, 0.4) is 0 Å². The number of thiazole rings is 1. The Kier molecular flexibility index (Phi) is 10.4. The van der Waals surface area contributed by atoms with Gasteiger partial charge in [0, 0.05) is 23.6 Å². The summed E-state index contributed by atoms with van der Waals surface area (Å²) in [4.78, 5) is 43.7. The van der Waals surface area contributed by atoms with Gasteiger partial charge in [0.05, 0.1) is 28.6 Å². The highest BCUT2D eigenvalue weighted by molar-refractivity contribution is 7.09. The van der Waals surface area contributed by atoms with Crippen LogP contribution in [0.15, 0.2) is 11.0 Å². The number of aromatic nitrogens is 1. The minimum Gasteiger partial charge on any atom is -0.457 e. The van der Waals surface area contributed by atoms with Crippen LogP contribution < -0.4 is 0 Å². The van der Waals surface area contributed by atoms with E-state index in [4.69, 9.17) is 4.74 Å². The number of hydrogen-bond acceptors (Lipinski definition) is 7. The first kappa shape index (κ1) is 29.4. The molecule has 1 aromatic rings. The number of hydrogen-bond donors (Lipinski definition) is 1. The molecular formula is C28H43NO5S. The number of cyclic esters (lactones) is 1. The number of aryl methyl sites for hydroxylation is 1. The topological polar surface area (TPSA) is 93.6 Å². The van der Waals surface area contributed by atoms with E-state index in [0.717, 1.165) is 35.5 Å². The Morgan fingerprint density at radius 2 is 1.80 bits per heavy atom. The molecule has 1 saturated heterocycles. The Balaban J connectivity index is 2.34. The van der Waals surface area contributed by atoms with Crippen molar-refractivity contribution in [2.45, 2.75) is 99.7 Å². The zero-order chi connectivity index (χ0) is 26.5. The van der Waals surface area contributed by atoms with Crippen LogP contribution in [0.25, 0.3) is 6.08 Å². The molecule has 1 N–H and O–H groups in total. The van der Waals surface area contributed by atoms with Crippen molar-refractivity contribution in [1.82, 2.24) is 4.98 Å². The number of carbonyl (C=O) groups is 3. The molecule has 0 spiro atoms. The van der Waals surface area contributed by atoms with Gasteiger partial charge in [-0.15, -0.1) is 11.3 Å². The third-order valence-corrected chi connectivity index (χ3v) is 8.75. The highest BCUT2D eigenvalue weighted by Crippen LogP contribution is 2.35. The van der Waals surface area contributed by atoms with Gasteiger partial charge in [-0.2, -0.15) is 0 Å². The summed E-state index contributed by atoms with van der Waals surface area (Å²) in [6.45, 7) is 15.2. The van der Waals surface area contributed by atoms with Gasteiger partial charge >= 0.3 is 5.97 Å². The summed E-state index contributed by atoms with van der Waals surface area (Å²) >= 11 is 1.53. The van der Waals surface area contributed by atoms with Crippen molar-refractivity contribution in [3.05, 3.63) is 21.7 Å². The Hall–Kier alpha value is -1.86. The largest absolute Gasteiger partial charge is 0.457 e. The van der Waals surface area contributed by atoms with Crippen molar-refractivity contribution in [2.24, 2.45) is 29.1 Å². The Bertz CT molecular complexity index is 934. The lowest BCUT2D eigenvalue weighted by Crippen LogP contribution is -2.44. The van der Waals surface area contributed by atoms with Crippen LogP contribution >= 0.6 is 11.3 Å². The van der Waals surface area contributed by atoms with Crippen LogP contribution in [0.4, 0.5) is 0 Å². The van der Waals surface area contributed by atoms with E-state index >= 15 is 0 Å². The van der Waals surface area contributed by atoms with E-state index in [-0.39, 0.29) is 42.2 Å². The predicted molar refractivity (Wildman–Crippen MR) is 140 cm³/mol. The number of ether oxygens (including phenoxy) is 1. The molecule has 0 aromatic carbocycles. The summed E-state index contributed by atoms with van der Waals surface area (Å²) in [6.07, 6.45) is 2.28. The average Bonchev–Trinajstić information content (AvgIpc) is 3.20. The summed E-state index contributed by atoms with van der Waals surface area (Å²) in [5.41, 5.74) is 0.399. The first-order valence-corrected chi connectivity index (χ1v) is 13.7. The van der Waals surface area contributed by atoms with Gasteiger partial charge in [-0.1, -0.05) is 54.4 Å². The van der Waals surface area contributed by atoms with Crippen LogP contribution in [0.5, 0.6) is 0 Å². The molecule has 7 heteroatoms. The summed E-state index contributed by atoms with van der Waals surface area (Å²) in [5.74, 6) is -0.566. The standard InChI is InChI=1S/C28H43NO5S/c1-16-10-9-11-17(2)23(30)13-24(18(3)12-22-15-35-21(6)29-22)34-26(32)14-25(31)28(7,8)27(33)20(5)19(16)4/h12,15-17,19-20,24-25,31H,9-11,13-14H2,1-8H3/b18-12+. The van der Waals surface area contributed by atoms with Crippen molar-refractivity contribution in [1.29, 1.82) is 0 Å². The van der Waals surface area contributed by atoms with Gasteiger partial charge in [-0.25, -0.2) is 4.98 Å². The second-order valence-corrected chi connectivity index (χ2v) is 12.2. The zero-order valence-electron chi connectivity index (χ0n) is 22.6. The smallest absolute Gasteiger partial charge is 0.309 e. The molecule has 2 rings (SSSR count). The lowest BCUT2D eigenvalue weighted by molar-refractivity contribution is -0.154. The third kappa shape index (κ3) is 7.81. The number of carbonyl (C=O) groups excluding carboxylic acids is 3. The van der Waals surface area contributed by atoms with Crippen molar-refractivity contribution >= 4 is 34.9 Å². The van der Waals surface area contributed by atoms with E-state index in [2.05, 4.69) is 18.8 Å². The fourth-order valence-electron chi connectivity index (χ4n) is 4.72. The van der Waals surface area contributed by atoms with Crippen molar-refractivity contribution < 1.29 is 24.2 Å². The second-order valence-electron chi connectivity index (χ2n) is 11.1. The molecule has 1 aromatic heterocycles. The van der Waals surface area contributed by atoms with Gasteiger partial charge in [-0.05, 0) is 43.8 Å². The lowest BCUT2D eigenvalue weighted by Gasteiger charge is -2.35. The molecular weight excluding hydrogens is 462 g/mol. The molecule has 6 unspecified atom stereocenters. The van der Waals surface area contributed by atoms with Crippen molar-refractivity contribution in [3.63, 3.8) is 0 Å². The van der Waals surface area contributed by atoms with Crippen LogP contribution in [0.1, 0.15) is 91.3 Å². The molecule has 35 heavy (non-hydrogen) atoms. The van der Waals surface area contributed by atoms with Crippen LogP contribution in [-0.4, -0.2) is 39.8 Å². The Morgan fingerprint density at radius 3 is 2.40 bits per heavy atom. The third-order valence-electron chi connectivity index (χ3n) is 7.95. The number of nitrogens with zero attached hydrogens (tertiary/aromatic N) is 1. The average molecular weight is 506 g/mol.